The Hall–Kier alpha value is -1.42. The number of carbonyl (C=O) groups is 1. The minimum atomic E-state index is -0.770. The summed E-state index contributed by atoms with van der Waals surface area (Å²) in [5, 5.41) is 12.3. The molecule has 1 heterocycles. The lowest BCUT2D eigenvalue weighted by Gasteiger charge is -2.30. The fourth-order valence-corrected chi connectivity index (χ4v) is 1.79. The number of carboxylic acids is 1. The second-order valence-corrected chi connectivity index (χ2v) is 5.70. The Balaban J connectivity index is 2.68. The van der Waals surface area contributed by atoms with Gasteiger partial charge in [-0.1, -0.05) is 20.8 Å². The first-order valence-electron chi connectivity index (χ1n) is 6.15. The summed E-state index contributed by atoms with van der Waals surface area (Å²) in [5.74, 6) is -0.770. The minimum Gasteiger partial charge on any atom is -0.481 e. The van der Waals surface area contributed by atoms with E-state index in [4.69, 9.17) is 5.11 Å². The Labute approximate surface area is 108 Å². The van der Waals surface area contributed by atoms with Crippen LogP contribution >= 0.6 is 0 Å². The smallest absolute Gasteiger partial charge is 0.304 e. The number of nitrogens with zero attached hydrogens (tertiary/aromatic N) is 1. The average molecular weight is 250 g/mol. The van der Waals surface area contributed by atoms with E-state index in [1.165, 1.54) is 0 Å². The van der Waals surface area contributed by atoms with Crippen LogP contribution in [0.2, 0.25) is 0 Å². The zero-order valence-electron chi connectivity index (χ0n) is 11.5. The highest BCUT2D eigenvalue weighted by molar-refractivity contribution is 5.67. The molecule has 0 aromatic carbocycles. The van der Waals surface area contributed by atoms with Gasteiger partial charge in [0.05, 0.1) is 6.42 Å². The lowest BCUT2D eigenvalue weighted by Crippen LogP contribution is -2.41. The quantitative estimate of drug-likeness (QED) is 0.842. The molecule has 0 aliphatic heterocycles. The molecule has 0 spiro atoms. The molecule has 0 saturated heterocycles. The van der Waals surface area contributed by atoms with Gasteiger partial charge in [-0.3, -0.25) is 9.78 Å². The van der Waals surface area contributed by atoms with Crippen LogP contribution in [0.4, 0.5) is 0 Å². The van der Waals surface area contributed by atoms with Gasteiger partial charge in [0.1, 0.15) is 0 Å². The number of hydrogen-bond acceptors (Lipinski definition) is 3. The monoisotopic (exact) mass is 250 g/mol. The Morgan fingerprint density at radius 1 is 1.50 bits per heavy atom. The summed E-state index contributed by atoms with van der Waals surface area (Å²) in [6, 6.07) is 1.91. The zero-order valence-corrected chi connectivity index (χ0v) is 11.5. The maximum atomic E-state index is 10.9. The molecule has 0 amide bonds. The number of nitrogens with one attached hydrogen (secondary N) is 1. The summed E-state index contributed by atoms with van der Waals surface area (Å²) in [6.45, 7) is 8.82. The van der Waals surface area contributed by atoms with Crippen LogP contribution in [0.5, 0.6) is 0 Å². The molecular formula is C14H22N2O2. The second-order valence-electron chi connectivity index (χ2n) is 5.70. The van der Waals surface area contributed by atoms with Crippen molar-refractivity contribution < 1.29 is 9.90 Å². The highest BCUT2D eigenvalue weighted by Crippen LogP contribution is 2.22. The van der Waals surface area contributed by atoms with Gasteiger partial charge < -0.3 is 10.4 Å². The van der Waals surface area contributed by atoms with E-state index < -0.39 is 5.97 Å². The van der Waals surface area contributed by atoms with E-state index in [1.54, 1.807) is 6.20 Å². The van der Waals surface area contributed by atoms with E-state index in [1.807, 2.05) is 40.0 Å². The summed E-state index contributed by atoms with van der Waals surface area (Å²) in [6.07, 6.45) is 3.71. The van der Waals surface area contributed by atoms with E-state index in [2.05, 4.69) is 10.3 Å². The topological polar surface area (TPSA) is 62.2 Å². The number of aromatic nitrogens is 1. The number of rotatable bonds is 5. The Bertz CT molecular complexity index is 411. The van der Waals surface area contributed by atoms with Crippen molar-refractivity contribution in [3.8, 4) is 0 Å². The second kappa shape index (κ2) is 5.96. The van der Waals surface area contributed by atoms with Gasteiger partial charge >= 0.3 is 5.97 Å². The van der Waals surface area contributed by atoms with Gasteiger partial charge in [-0.2, -0.15) is 0 Å². The van der Waals surface area contributed by atoms with Crippen LogP contribution in [0.15, 0.2) is 18.5 Å². The third-order valence-corrected chi connectivity index (χ3v) is 3.10. The predicted molar refractivity (Wildman–Crippen MR) is 71.3 cm³/mol. The maximum absolute atomic E-state index is 10.9. The first kappa shape index (κ1) is 14.6. The first-order valence-corrected chi connectivity index (χ1v) is 6.15. The summed E-state index contributed by atoms with van der Waals surface area (Å²) >= 11 is 0. The van der Waals surface area contributed by atoms with Crippen molar-refractivity contribution in [2.24, 2.45) is 5.41 Å². The molecule has 1 rings (SSSR count). The molecule has 0 aliphatic carbocycles. The molecule has 0 saturated carbocycles. The van der Waals surface area contributed by atoms with Crippen molar-refractivity contribution >= 4 is 5.97 Å². The molecule has 0 fully saturated rings. The zero-order chi connectivity index (χ0) is 13.8. The summed E-state index contributed by atoms with van der Waals surface area (Å²) in [7, 11) is 0. The standard InChI is InChI=1S/C14H22N2O2/c1-10-8-15-6-5-11(10)9-16-12(7-13(17)18)14(2,3)4/h5-6,8,12,16H,7,9H2,1-4H3,(H,17,18)/t12-/m1/s1. The van der Waals surface area contributed by atoms with E-state index in [-0.39, 0.29) is 17.9 Å². The minimum absolute atomic E-state index is 0.0532. The highest BCUT2D eigenvalue weighted by Gasteiger charge is 2.26. The largest absolute Gasteiger partial charge is 0.481 e. The Morgan fingerprint density at radius 2 is 2.17 bits per heavy atom. The molecule has 4 heteroatoms. The summed E-state index contributed by atoms with van der Waals surface area (Å²) in [5.41, 5.74) is 2.19. The molecule has 0 bridgehead atoms. The van der Waals surface area contributed by atoms with Crippen molar-refractivity contribution in [1.82, 2.24) is 10.3 Å². The maximum Gasteiger partial charge on any atom is 0.304 e. The molecule has 0 radical (unpaired) electrons. The van der Waals surface area contributed by atoms with Crippen LogP contribution < -0.4 is 5.32 Å². The van der Waals surface area contributed by atoms with Crippen molar-refractivity contribution in [2.75, 3.05) is 0 Å². The number of aryl methyl sites for hydroxylation is 1. The summed E-state index contributed by atoms with van der Waals surface area (Å²) in [4.78, 5) is 14.9. The predicted octanol–water partition coefficient (Wildman–Crippen LogP) is 2.37. The molecule has 100 valence electrons. The average Bonchev–Trinajstić information content (AvgIpc) is 2.24. The molecule has 4 nitrogen and oxygen atoms in total. The van der Waals surface area contributed by atoms with Gasteiger partial charge in [-0.25, -0.2) is 0 Å². The van der Waals surface area contributed by atoms with Gasteiger partial charge in [0, 0.05) is 25.0 Å². The lowest BCUT2D eigenvalue weighted by molar-refractivity contribution is -0.138. The lowest BCUT2D eigenvalue weighted by atomic mass is 9.84. The molecule has 2 N–H and O–H groups in total. The van der Waals surface area contributed by atoms with Crippen molar-refractivity contribution in [1.29, 1.82) is 0 Å². The van der Waals surface area contributed by atoms with Crippen LogP contribution in [0.3, 0.4) is 0 Å². The van der Waals surface area contributed by atoms with E-state index in [0.717, 1.165) is 11.1 Å². The van der Waals surface area contributed by atoms with Gasteiger partial charge in [-0.15, -0.1) is 0 Å². The Kier molecular flexibility index (Phi) is 4.84. The molecule has 0 unspecified atom stereocenters. The fourth-order valence-electron chi connectivity index (χ4n) is 1.79. The molecular weight excluding hydrogens is 228 g/mol. The SMILES string of the molecule is Cc1cnccc1CN[C@H](CC(=O)O)C(C)(C)C. The van der Waals surface area contributed by atoms with Crippen LogP contribution in [0, 0.1) is 12.3 Å². The van der Waals surface area contributed by atoms with Crippen molar-refractivity contribution in [3.63, 3.8) is 0 Å². The number of aliphatic carboxylic acids is 1. The van der Waals surface area contributed by atoms with Gasteiger partial charge in [0.25, 0.3) is 0 Å². The normalized spacial score (nSPS) is 13.3. The number of pyridine rings is 1. The van der Waals surface area contributed by atoms with Gasteiger partial charge in [0.2, 0.25) is 0 Å². The van der Waals surface area contributed by atoms with Crippen LogP contribution in [0.1, 0.15) is 38.3 Å². The molecule has 0 aliphatic rings. The highest BCUT2D eigenvalue weighted by atomic mass is 16.4. The van der Waals surface area contributed by atoms with Crippen molar-refractivity contribution in [2.45, 2.75) is 46.7 Å². The van der Waals surface area contributed by atoms with E-state index in [9.17, 15) is 4.79 Å². The fraction of sp³-hybridized carbons (Fsp3) is 0.571. The van der Waals surface area contributed by atoms with Gasteiger partial charge in [0.15, 0.2) is 0 Å². The summed E-state index contributed by atoms with van der Waals surface area (Å²) < 4.78 is 0. The van der Waals surface area contributed by atoms with Crippen LogP contribution in [-0.4, -0.2) is 22.1 Å². The molecule has 18 heavy (non-hydrogen) atoms. The van der Waals surface area contributed by atoms with E-state index >= 15 is 0 Å². The first-order chi connectivity index (χ1) is 8.30. The van der Waals surface area contributed by atoms with Crippen molar-refractivity contribution in [3.05, 3.63) is 29.6 Å². The molecule has 1 atom stereocenters. The third-order valence-electron chi connectivity index (χ3n) is 3.10. The Morgan fingerprint density at radius 3 is 2.67 bits per heavy atom. The van der Waals surface area contributed by atoms with E-state index in [0.29, 0.717) is 6.54 Å². The van der Waals surface area contributed by atoms with Crippen LogP contribution in [-0.2, 0) is 11.3 Å². The third kappa shape index (κ3) is 4.45. The number of hydrogen-bond donors (Lipinski definition) is 2. The van der Waals surface area contributed by atoms with Gasteiger partial charge in [-0.05, 0) is 29.5 Å². The molecule has 1 aromatic rings. The molecule has 1 aromatic heterocycles. The number of carboxylic acid groups (broad SMARTS) is 1. The van der Waals surface area contributed by atoms with Crippen LogP contribution in [0.25, 0.3) is 0 Å².